The maximum Gasteiger partial charge on any atom is 0.269 e. The van der Waals surface area contributed by atoms with Gasteiger partial charge >= 0.3 is 0 Å². The minimum Gasteiger partial charge on any atom is -0.380 e. The van der Waals surface area contributed by atoms with Crippen molar-refractivity contribution in [3.63, 3.8) is 0 Å². The first kappa shape index (κ1) is 21.0. The quantitative estimate of drug-likeness (QED) is 0.696. The molecule has 9 heteroatoms. The van der Waals surface area contributed by atoms with Crippen molar-refractivity contribution >= 4 is 21.8 Å². The molecular weight excluding hydrogens is 394 g/mol. The maximum absolute atomic E-state index is 12.7. The van der Waals surface area contributed by atoms with Gasteiger partial charge in [0.05, 0.1) is 11.5 Å². The largest absolute Gasteiger partial charge is 0.380 e. The van der Waals surface area contributed by atoms with Crippen LogP contribution in [0, 0.1) is 0 Å². The van der Waals surface area contributed by atoms with Crippen molar-refractivity contribution in [2.24, 2.45) is 0 Å². The second-order valence-electron chi connectivity index (χ2n) is 6.68. The summed E-state index contributed by atoms with van der Waals surface area (Å²) in [6.07, 6.45) is 1.66. The summed E-state index contributed by atoms with van der Waals surface area (Å²) in [5, 5.41) is 0. The Labute approximate surface area is 169 Å². The van der Waals surface area contributed by atoms with E-state index in [2.05, 4.69) is 10.9 Å². The molecule has 1 heterocycles. The Morgan fingerprint density at radius 3 is 2.17 bits per heavy atom. The fourth-order valence-electron chi connectivity index (χ4n) is 3.10. The van der Waals surface area contributed by atoms with Crippen LogP contribution in [0.5, 0.6) is 0 Å². The highest BCUT2D eigenvalue weighted by atomic mass is 32.2. The van der Waals surface area contributed by atoms with Gasteiger partial charge in [-0.2, -0.15) is 4.31 Å². The number of benzene rings is 2. The van der Waals surface area contributed by atoms with Gasteiger partial charge < -0.3 is 4.74 Å². The van der Waals surface area contributed by atoms with Crippen molar-refractivity contribution in [1.82, 2.24) is 15.2 Å². The van der Waals surface area contributed by atoms with E-state index in [-0.39, 0.29) is 10.5 Å². The first-order chi connectivity index (χ1) is 13.9. The summed E-state index contributed by atoms with van der Waals surface area (Å²) in [7, 11) is -2.06. The summed E-state index contributed by atoms with van der Waals surface area (Å²) in [5.74, 6) is -1.10. The van der Waals surface area contributed by atoms with Crippen LogP contribution in [0.1, 0.15) is 39.1 Å². The number of nitrogens with zero attached hydrogens (tertiary/aromatic N) is 1. The first-order valence-electron chi connectivity index (χ1n) is 9.20. The smallest absolute Gasteiger partial charge is 0.269 e. The molecule has 0 atom stereocenters. The summed E-state index contributed by atoms with van der Waals surface area (Å²) < 4.78 is 31.8. The topological polar surface area (TPSA) is 105 Å². The lowest BCUT2D eigenvalue weighted by molar-refractivity contribution is 0.0846. The van der Waals surface area contributed by atoms with Gasteiger partial charge in [0.2, 0.25) is 10.0 Å². The first-order valence-corrected chi connectivity index (χ1v) is 10.6. The normalized spacial score (nSPS) is 14.5. The number of carbonyl (C=O) groups is 2. The zero-order valence-electron chi connectivity index (χ0n) is 16.1. The fourth-order valence-corrected chi connectivity index (χ4v) is 4.67. The Bertz CT molecular complexity index is 1000. The molecule has 1 aliphatic heterocycles. The summed E-state index contributed by atoms with van der Waals surface area (Å²) in [6, 6.07) is 12.6. The summed E-state index contributed by atoms with van der Waals surface area (Å²) >= 11 is 0. The van der Waals surface area contributed by atoms with Crippen LogP contribution < -0.4 is 10.9 Å². The maximum atomic E-state index is 12.7. The van der Waals surface area contributed by atoms with E-state index in [1.807, 2.05) is 6.07 Å². The van der Waals surface area contributed by atoms with E-state index in [0.717, 1.165) is 18.4 Å². The average Bonchev–Trinajstić information content (AvgIpc) is 3.28. The number of ether oxygens (including phenoxy) is 1. The molecule has 0 radical (unpaired) electrons. The van der Waals surface area contributed by atoms with Gasteiger partial charge in [-0.1, -0.05) is 18.2 Å². The molecular formula is C20H23N3O5S. The molecule has 1 fully saturated rings. The Kier molecular flexibility index (Phi) is 6.63. The minimum atomic E-state index is -3.63. The van der Waals surface area contributed by atoms with Crippen molar-refractivity contribution < 1.29 is 22.7 Å². The van der Waals surface area contributed by atoms with Crippen molar-refractivity contribution in [2.75, 3.05) is 20.2 Å². The van der Waals surface area contributed by atoms with Gasteiger partial charge in [-0.25, -0.2) is 8.42 Å². The SMILES string of the molecule is COCc1cccc(C(=O)NNC(=O)c2cccc(S(=O)(=O)N3CCCC3)c2)c1. The number of methoxy groups -OCH3 is 1. The predicted molar refractivity (Wildman–Crippen MR) is 107 cm³/mol. The number of nitrogens with one attached hydrogen (secondary N) is 2. The predicted octanol–water partition coefficient (Wildman–Crippen LogP) is 1.69. The molecule has 3 rings (SSSR count). The Morgan fingerprint density at radius 1 is 0.966 bits per heavy atom. The van der Waals surface area contributed by atoms with Gasteiger partial charge in [-0.15, -0.1) is 0 Å². The molecule has 0 bridgehead atoms. The van der Waals surface area contributed by atoms with Crippen LogP contribution in [0.3, 0.4) is 0 Å². The molecule has 29 heavy (non-hydrogen) atoms. The zero-order valence-corrected chi connectivity index (χ0v) is 16.9. The van der Waals surface area contributed by atoms with Crippen LogP contribution in [0.2, 0.25) is 0 Å². The molecule has 8 nitrogen and oxygen atoms in total. The molecule has 154 valence electrons. The molecule has 2 aromatic rings. The third kappa shape index (κ3) is 5.00. The number of rotatable bonds is 6. The van der Waals surface area contributed by atoms with Gasteiger partial charge in [-0.05, 0) is 48.7 Å². The van der Waals surface area contributed by atoms with E-state index >= 15 is 0 Å². The molecule has 0 saturated carbocycles. The van der Waals surface area contributed by atoms with Gasteiger partial charge in [0.15, 0.2) is 0 Å². The van der Waals surface area contributed by atoms with Crippen LogP contribution in [0.15, 0.2) is 53.4 Å². The number of hydrazine groups is 1. The zero-order chi connectivity index (χ0) is 20.9. The van der Waals surface area contributed by atoms with Crippen LogP contribution in [0.25, 0.3) is 0 Å². The summed E-state index contributed by atoms with van der Waals surface area (Å²) in [4.78, 5) is 24.7. The van der Waals surface area contributed by atoms with E-state index in [4.69, 9.17) is 4.74 Å². The van der Waals surface area contributed by atoms with Crippen molar-refractivity contribution in [3.05, 3.63) is 65.2 Å². The number of carbonyl (C=O) groups excluding carboxylic acids is 2. The lowest BCUT2D eigenvalue weighted by Crippen LogP contribution is -2.41. The molecule has 2 amide bonds. The Balaban J connectivity index is 1.67. The van der Waals surface area contributed by atoms with Crippen molar-refractivity contribution in [2.45, 2.75) is 24.3 Å². The third-order valence-corrected chi connectivity index (χ3v) is 6.48. The van der Waals surface area contributed by atoms with Gasteiger partial charge in [0.25, 0.3) is 11.8 Å². The van der Waals surface area contributed by atoms with E-state index in [9.17, 15) is 18.0 Å². The van der Waals surface area contributed by atoms with Crippen LogP contribution in [0.4, 0.5) is 0 Å². The average molecular weight is 417 g/mol. The van der Waals surface area contributed by atoms with Crippen molar-refractivity contribution in [3.8, 4) is 0 Å². The highest BCUT2D eigenvalue weighted by Gasteiger charge is 2.27. The molecule has 0 aliphatic carbocycles. The monoisotopic (exact) mass is 417 g/mol. The number of sulfonamides is 1. The van der Waals surface area contributed by atoms with E-state index in [1.54, 1.807) is 25.3 Å². The van der Waals surface area contributed by atoms with E-state index in [1.165, 1.54) is 28.6 Å². The molecule has 2 N–H and O–H groups in total. The van der Waals surface area contributed by atoms with Gasteiger partial charge in [0.1, 0.15) is 0 Å². The van der Waals surface area contributed by atoms with Gasteiger partial charge in [-0.3, -0.25) is 20.4 Å². The minimum absolute atomic E-state index is 0.0608. The lowest BCUT2D eigenvalue weighted by atomic mass is 10.1. The summed E-state index contributed by atoms with van der Waals surface area (Å²) in [6.45, 7) is 1.33. The Morgan fingerprint density at radius 2 is 1.55 bits per heavy atom. The Hall–Kier alpha value is -2.75. The molecule has 1 aliphatic rings. The van der Waals surface area contributed by atoms with Gasteiger partial charge in [0, 0.05) is 31.3 Å². The molecule has 0 unspecified atom stereocenters. The van der Waals surface area contributed by atoms with E-state index < -0.39 is 21.8 Å². The fraction of sp³-hybridized carbons (Fsp3) is 0.300. The molecule has 2 aromatic carbocycles. The highest BCUT2D eigenvalue weighted by molar-refractivity contribution is 7.89. The van der Waals surface area contributed by atoms with Crippen LogP contribution >= 0.6 is 0 Å². The molecule has 0 aromatic heterocycles. The third-order valence-electron chi connectivity index (χ3n) is 4.59. The second kappa shape index (κ2) is 9.17. The summed E-state index contributed by atoms with van der Waals surface area (Å²) in [5.41, 5.74) is 5.99. The molecule has 1 saturated heterocycles. The van der Waals surface area contributed by atoms with Crippen LogP contribution in [-0.4, -0.2) is 44.7 Å². The number of hydrogen-bond donors (Lipinski definition) is 2. The lowest BCUT2D eigenvalue weighted by Gasteiger charge is -2.16. The van der Waals surface area contributed by atoms with E-state index in [0.29, 0.717) is 25.3 Å². The highest BCUT2D eigenvalue weighted by Crippen LogP contribution is 2.21. The van der Waals surface area contributed by atoms with Crippen LogP contribution in [-0.2, 0) is 21.4 Å². The molecule has 0 spiro atoms. The number of amides is 2. The second-order valence-corrected chi connectivity index (χ2v) is 8.62. The number of hydrogen-bond acceptors (Lipinski definition) is 5. The standard InChI is InChI=1S/C20H23N3O5S/c1-28-14-15-6-4-7-16(12-15)19(24)21-22-20(25)17-8-5-9-18(13-17)29(26,27)23-10-2-3-11-23/h4-9,12-13H,2-3,10-11,14H2,1H3,(H,21,24)(H,22,25). The van der Waals surface area contributed by atoms with Crippen molar-refractivity contribution in [1.29, 1.82) is 0 Å².